The van der Waals surface area contributed by atoms with Gasteiger partial charge in [0.15, 0.2) is 11.6 Å². The molecule has 2 fully saturated rings. The van der Waals surface area contributed by atoms with Crippen molar-refractivity contribution in [2.24, 2.45) is 0 Å². The molecule has 4 rings (SSSR count). The monoisotopic (exact) mass is 422 g/mol. The normalized spacial score (nSPS) is 22.0. The van der Waals surface area contributed by atoms with Crippen LogP contribution in [-0.2, 0) is 4.74 Å². The van der Waals surface area contributed by atoms with Crippen molar-refractivity contribution in [3.8, 4) is 17.0 Å². The fourth-order valence-corrected chi connectivity index (χ4v) is 3.57. The van der Waals surface area contributed by atoms with Crippen LogP contribution in [0.1, 0.15) is 13.3 Å². The zero-order chi connectivity index (χ0) is 21.3. The molecule has 2 aromatic heterocycles. The Morgan fingerprint density at radius 3 is 2.63 bits per heavy atom. The van der Waals surface area contributed by atoms with E-state index in [1.807, 2.05) is 4.90 Å². The molecule has 2 aliphatic heterocycles. The number of nitrogens with zero attached hydrogens (tertiary/aromatic N) is 5. The van der Waals surface area contributed by atoms with Gasteiger partial charge in [0.05, 0.1) is 24.5 Å². The number of hydrogen-bond acceptors (Lipinski definition) is 9. The highest BCUT2D eigenvalue weighted by Crippen LogP contribution is 2.32. The average Bonchev–Trinajstić information content (AvgIpc) is 3.09. The number of anilines is 3. The lowest BCUT2D eigenvalue weighted by Crippen LogP contribution is -2.37. The molecular weight excluding hydrogens is 398 g/mol. The fourth-order valence-electron chi connectivity index (χ4n) is 3.57. The van der Waals surface area contributed by atoms with Crippen molar-refractivity contribution < 1.29 is 23.4 Å². The molecule has 0 aromatic carbocycles. The Morgan fingerprint density at radius 2 is 1.97 bits per heavy atom. The number of nitrogen functional groups attached to an aromatic ring is 1. The van der Waals surface area contributed by atoms with Gasteiger partial charge in [-0.15, -0.1) is 0 Å². The lowest BCUT2D eigenvalue weighted by molar-refractivity contribution is -0.0494. The van der Waals surface area contributed by atoms with Crippen molar-refractivity contribution in [3.05, 3.63) is 18.3 Å². The quantitative estimate of drug-likeness (QED) is 0.741. The SMILES string of the molecule is CC1(O)CCN(c2nc(-c3cnc(N)c(OC(F)F)c3)cc(N3CCOCC3)n2)C1. The smallest absolute Gasteiger partial charge is 0.387 e. The number of halogens is 2. The molecular formula is C19H24F2N6O3. The molecule has 11 heteroatoms. The van der Waals surface area contributed by atoms with Gasteiger partial charge in [-0.25, -0.2) is 9.97 Å². The summed E-state index contributed by atoms with van der Waals surface area (Å²) in [5, 5.41) is 10.3. The summed E-state index contributed by atoms with van der Waals surface area (Å²) in [5.74, 6) is 0.815. The van der Waals surface area contributed by atoms with Crippen LogP contribution in [-0.4, -0.2) is 71.7 Å². The molecule has 2 aliphatic rings. The van der Waals surface area contributed by atoms with Crippen molar-refractivity contribution in [1.82, 2.24) is 15.0 Å². The molecule has 4 heterocycles. The minimum Gasteiger partial charge on any atom is -0.431 e. The molecule has 0 aliphatic carbocycles. The molecule has 0 bridgehead atoms. The molecule has 0 spiro atoms. The predicted octanol–water partition coefficient (Wildman–Crippen LogP) is 1.52. The third-order valence-corrected chi connectivity index (χ3v) is 5.16. The first kappa shape index (κ1) is 20.5. The molecule has 3 N–H and O–H groups in total. The van der Waals surface area contributed by atoms with E-state index >= 15 is 0 Å². The third-order valence-electron chi connectivity index (χ3n) is 5.16. The molecule has 2 aromatic rings. The number of ether oxygens (including phenoxy) is 2. The van der Waals surface area contributed by atoms with Crippen LogP contribution in [0.2, 0.25) is 0 Å². The standard InChI is InChI=1S/C19H24F2N6O3/c1-19(28)2-3-27(11-19)18-24-13(9-15(25-18)26-4-6-29-7-5-26)12-8-14(30-17(20)21)16(22)23-10-12/h8-10,17,28H,2-7,11H2,1H3,(H2,22,23). The molecule has 1 atom stereocenters. The molecule has 162 valence electrons. The molecule has 1 unspecified atom stereocenters. The van der Waals surface area contributed by atoms with E-state index in [1.54, 1.807) is 13.0 Å². The predicted molar refractivity (Wildman–Crippen MR) is 107 cm³/mol. The Bertz CT molecular complexity index is 908. The Kier molecular flexibility index (Phi) is 5.56. The minimum absolute atomic E-state index is 0.127. The Morgan fingerprint density at radius 1 is 1.20 bits per heavy atom. The maximum absolute atomic E-state index is 12.7. The number of aromatic nitrogens is 3. The fraction of sp³-hybridized carbons (Fsp3) is 0.526. The van der Waals surface area contributed by atoms with Crippen molar-refractivity contribution in [1.29, 1.82) is 0 Å². The van der Waals surface area contributed by atoms with Gasteiger partial charge in [0, 0.05) is 44.0 Å². The van der Waals surface area contributed by atoms with E-state index in [0.29, 0.717) is 68.8 Å². The van der Waals surface area contributed by atoms with Gasteiger partial charge in [-0.1, -0.05) is 0 Å². The number of pyridine rings is 1. The third kappa shape index (κ3) is 4.51. The highest BCUT2D eigenvalue weighted by Gasteiger charge is 2.33. The number of alkyl halides is 2. The van der Waals surface area contributed by atoms with Gasteiger partial charge in [0.2, 0.25) is 5.95 Å². The maximum atomic E-state index is 12.7. The number of rotatable bonds is 5. The first-order chi connectivity index (χ1) is 14.3. The number of β-amino-alcohol motifs (C(OH)–C–C–N with tert-alkyl or cyclic N) is 1. The van der Waals surface area contributed by atoms with E-state index in [0.717, 1.165) is 0 Å². The summed E-state index contributed by atoms with van der Waals surface area (Å²) in [6.45, 7) is 2.29. The summed E-state index contributed by atoms with van der Waals surface area (Å²) in [4.78, 5) is 17.3. The second-order valence-electron chi connectivity index (χ2n) is 7.67. The summed E-state index contributed by atoms with van der Waals surface area (Å²) in [6, 6.07) is 3.17. The molecule has 0 radical (unpaired) electrons. The summed E-state index contributed by atoms with van der Waals surface area (Å²) < 4.78 is 35.3. The van der Waals surface area contributed by atoms with E-state index in [9.17, 15) is 13.9 Å². The van der Waals surface area contributed by atoms with Crippen LogP contribution in [0.3, 0.4) is 0 Å². The second kappa shape index (κ2) is 8.15. The Hall–Kier alpha value is -2.79. The number of hydrogen-bond donors (Lipinski definition) is 2. The van der Waals surface area contributed by atoms with Gasteiger partial charge in [0.1, 0.15) is 5.82 Å². The molecule has 2 saturated heterocycles. The molecule has 30 heavy (non-hydrogen) atoms. The minimum atomic E-state index is -3.01. The molecule has 0 saturated carbocycles. The van der Waals surface area contributed by atoms with E-state index in [4.69, 9.17) is 15.5 Å². The maximum Gasteiger partial charge on any atom is 0.387 e. The summed E-state index contributed by atoms with van der Waals surface area (Å²) in [5.41, 5.74) is 5.82. The lowest BCUT2D eigenvalue weighted by atomic mass is 10.1. The van der Waals surface area contributed by atoms with Crippen LogP contribution in [0.5, 0.6) is 5.75 Å². The van der Waals surface area contributed by atoms with Crippen LogP contribution in [0, 0.1) is 0 Å². The van der Waals surface area contributed by atoms with Gasteiger partial charge < -0.3 is 30.1 Å². The van der Waals surface area contributed by atoms with E-state index in [2.05, 4.69) is 19.6 Å². The van der Waals surface area contributed by atoms with Crippen LogP contribution < -0.4 is 20.3 Å². The Balaban J connectivity index is 1.74. The number of aliphatic hydroxyl groups is 1. The van der Waals surface area contributed by atoms with Gasteiger partial charge in [-0.05, 0) is 19.4 Å². The van der Waals surface area contributed by atoms with Crippen LogP contribution in [0.25, 0.3) is 11.3 Å². The van der Waals surface area contributed by atoms with Crippen LogP contribution in [0.4, 0.5) is 26.4 Å². The first-order valence-corrected chi connectivity index (χ1v) is 9.70. The van der Waals surface area contributed by atoms with Crippen molar-refractivity contribution in [2.45, 2.75) is 25.6 Å². The van der Waals surface area contributed by atoms with Crippen molar-refractivity contribution in [2.75, 3.05) is 54.9 Å². The topological polar surface area (TPSA) is 110 Å². The summed E-state index contributed by atoms with van der Waals surface area (Å²) in [6.07, 6.45) is 2.06. The highest BCUT2D eigenvalue weighted by atomic mass is 19.3. The van der Waals surface area contributed by atoms with Gasteiger partial charge >= 0.3 is 6.61 Å². The number of nitrogens with two attached hydrogens (primary N) is 1. The van der Waals surface area contributed by atoms with Crippen LogP contribution >= 0.6 is 0 Å². The van der Waals surface area contributed by atoms with E-state index < -0.39 is 12.2 Å². The van der Waals surface area contributed by atoms with Crippen molar-refractivity contribution >= 4 is 17.6 Å². The van der Waals surface area contributed by atoms with Crippen molar-refractivity contribution in [3.63, 3.8) is 0 Å². The lowest BCUT2D eigenvalue weighted by Gasteiger charge is -2.29. The van der Waals surface area contributed by atoms with Gasteiger partial charge in [-0.2, -0.15) is 13.8 Å². The average molecular weight is 422 g/mol. The largest absolute Gasteiger partial charge is 0.431 e. The van der Waals surface area contributed by atoms with E-state index in [1.165, 1.54) is 12.3 Å². The number of morpholine rings is 1. The zero-order valence-electron chi connectivity index (χ0n) is 16.6. The summed E-state index contributed by atoms with van der Waals surface area (Å²) in [7, 11) is 0. The Labute approximate surface area is 172 Å². The first-order valence-electron chi connectivity index (χ1n) is 9.70. The summed E-state index contributed by atoms with van der Waals surface area (Å²) >= 11 is 0. The van der Waals surface area contributed by atoms with Gasteiger partial charge in [-0.3, -0.25) is 0 Å². The van der Waals surface area contributed by atoms with Gasteiger partial charge in [0.25, 0.3) is 0 Å². The second-order valence-corrected chi connectivity index (χ2v) is 7.67. The van der Waals surface area contributed by atoms with Crippen LogP contribution in [0.15, 0.2) is 18.3 Å². The molecule has 9 nitrogen and oxygen atoms in total. The molecule has 0 amide bonds. The van der Waals surface area contributed by atoms with E-state index in [-0.39, 0.29) is 11.6 Å². The zero-order valence-corrected chi connectivity index (χ0v) is 16.6. The highest BCUT2D eigenvalue weighted by molar-refractivity contribution is 5.68.